The third kappa shape index (κ3) is 5.93. The van der Waals surface area contributed by atoms with Gasteiger partial charge in [0.15, 0.2) is 0 Å². The van der Waals surface area contributed by atoms with Crippen molar-refractivity contribution >= 4 is 55.0 Å². The SMILES string of the molecule is O=C(O)Nc1ccc(Cl)c(C(NS(=O)(=O)C2CC2)c2cc3cccc(-c4cc(C(O)(C(F)(F)F)C(F)(F)F)ccn4)c3s2)n1. The summed E-state index contributed by atoms with van der Waals surface area (Å²) < 4.78 is 110. The number of thiophene rings is 1. The van der Waals surface area contributed by atoms with Crippen LogP contribution in [0.3, 0.4) is 0 Å². The zero-order valence-corrected chi connectivity index (χ0v) is 24.1. The first-order valence-electron chi connectivity index (χ1n) is 12.4. The smallest absolute Gasteiger partial charge is 0.430 e. The molecular formula is C26H19ClF6N4O5S2. The number of sulfonamides is 1. The molecule has 0 bridgehead atoms. The van der Waals surface area contributed by atoms with Gasteiger partial charge in [-0.05, 0) is 48.6 Å². The lowest BCUT2D eigenvalue weighted by atomic mass is 9.91. The summed E-state index contributed by atoms with van der Waals surface area (Å²) in [6.45, 7) is 0. The number of aliphatic hydroxyl groups is 1. The molecule has 9 nitrogen and oxygen atoms in total. The molecule has 3 aromatic heterocycles. The number of nitrogens with zero attached hydrogens (tertiary/aromatic N) is 2. The van der Waals surface area contributed by atoms with Crippen molar-refractivity contribution in [3.05, 3.63) is 75.9 Å². The van der Waals surface area contributed by atoms with E-state index in [-0.39, 0.29) is 32.7 Å². The van der Waals surface area contributed by atoms with E-state index in [0.29, 0.717) is 41.3 Å². The second kappa shape index (κ2) is 11.1. The summed E-state index contributed by atoms with van der Waals surface area (Å²) in [6, 6.07) is 8.18. The minimum absolute atomic E-state index is 0.0185. The van der Waals surface area contributed by atoms with Crippen molar-refractivity contribution in [1.82, 2.24) is 14.7 Å². The van der Waals surface area contributed by atoms with Gasteiger partial charge in [-0.2, -0.15) is 26.3 Å². The molecule has 0 spiro atoms. The molecule has 18 heteroatoms. The van der Waals surface area contributed by atoms with E-state index in [2.05, 4.69) is 20.0 Å². The molecule has 1 aromatic carbocycles. The quantitative estimate of drug-likeness (QED) is 0.154. The first-order valence-corrected chi connectivity index (χ1v) is 15.2. The molecule has 1 aliphatic carbocycles. The highest BCUT2D eigenvalue weighted by molar-refractivity contribution is 7.90. The van der Waals surface area contributed by atoms with E-state index in [9.17, 15) is 44.7 Å². The first kappa shape index (κ1) is 31.9. The highest BCUT2D eigenvalue weighted by atomic mass is 35.5. The molecule has 44 heavy (non-hydrogen) atoms. The molecule has 1 fully saturated rings. The van der Waals surface area contributed by atoms with E-state index in [4.69, 9.17) is 16.7 Å². The number of nitrogens with one attached hydrogen (secondary N) is 2. The average Bonchev–Trinajstić information content (AvgIpc) is 3.71. The monoisotopic (exact) mass is 680 g/mol. The summed E-state index contributed by atoms with van der Waals surface area (Å²) in [5.74, 6) is -0.155. The van der Waals surface area contributed by atoms with Crippen molar-refractivity contribution in [2.24, 2.45) is 0 Å². The van der Waals surface area contributed by atoms with Gasteiger partial charge in [0.05, 0.1) is 27.7 Å². The number of carbonyl (C=O) groups is 1. The predicted molar refractivity (Wildman–Crippen MR) is 149 cm³/mol. The summed E-state index contributed by atoms with van der Waals surface area (Å²) in [5, 5.41) is 20.8. The lowest BCUT2D eigenvalue weighted by Crippen LogP contribution is -2.53. The first-order chi connectivity index (χ1) is 20.4. The highest BCUT2D eigenvalue weighted by Gasteiger charge is 2.71. The number of pyridine rings is 2. The molecular weight excluding hydrogens is 662 g/mol. The van der Waals surface area contributed by atoms with Crippen molar-refractivity contribution in [2.45, 2.75) is 42.1 Å². The van der Waals surface area contributed by atoms with Crippen molar-refractivity contribution in [2.75, 3.05) is 5.32 Å². The zero-order chi connectivity index (χ0) is 32.2. The lowest BCUT2D eigenvalue weighted by Gasteiger charge is -2.32. The fraction of sp³-hybridized carbons (Fsp3) is 0.269. The Morgan fingerprint density at radius 2 is 1.73 bits per heavy atom. The van der Waals surface area contributed by atoms with E-state index in [0.717, 1.165) is 11.3 Å². The maximum absolute atomic E-state index is 13.6. The molecule has 3 heterocycles. The maximum atomic E-state index is 13.6. The van der Waals surface area contributed by atoms with Gasteiger partial charge in [0.25, 0.3) is 5.60 Å². The molecule has 1 atom stereocenters. The predicted octanol–water partition coefficient (Wildman–Crippen LogP) is 6.59. The highest BCUT2D eigenvalue weighted by Crippen LogP contribution is 2.50. The molecule has 1 aliphatic rings. The summed E-state index contributed by atoms with van der Waals surface area (Å²) >= 11 is 7.31. The van der Waals surface area contributed by atoms with Gasteiger partial charge in [-0.15, -0.1) is 11.3 Å². The van der Waals surface area contributed by atoms with Gasteiger partial charge >= 0.3 is 18.4 Å². The number of aromatic nitrogens is 2. The number of amides is 1. The van der Waals surface area contributed by atoms with Crippen LogP contribution in [0.15, 0.2) is 54.7 Å². The van der Waals surface area contributed by atoms with Crippen LogP contribution in [0, 0.1) is 0 Å². The topological polar surface area (TPSA) is 142 Å². The molecule has 1 unspecified atom stereocenters. The number of alkyl halides is 6. The van der Waals surface area contributed by atoms with Gasteiger partial charge in [-0.3, -0.25) is 10.3 Å². The maximum Gasteiger partial charge on any atom is 0.430 e. The molecule has 234 valence electrons. The molecule has 0 radical (unpaired) electrons. The Kier molecular flexibility index (Phi) is 8.07. The number of hydrogen-bond acceptors (Lipinski definition) is 7. The molecule has 4 N–H and O–H groups in total. The summed E-state index contributed by atoms with van der Waals surface area (Å²) in [5.41, 5.74) is -6.96. The number of rotatable bonds is 8. The Bertz CT molecular complexity index is 1850. The fourth-order valence-corrected chi connectivity index (χ4v) is 7.49. The number of benzene rings is 1. The second-order valence-corrected chi connectivity index (χ2v) is 13.3. The number of fused-ring (bicyclic) bond motifs is 1. The molecule has 0 aliphatic heterocycles. The average molecular weight is 681 g/mol. The van der Waals surface area contributed by atoms with Crippen molar-refractivity contribution in [1.29, 1.82) is 0 Å². The molecule has 0 saturated heterocycles. The zero-order valence-electron chi connectivity index (χ0n) is 21.7. The van der Waals surface area contributed by atoms with Gasteiger partial charge < -0.3 is 10.2 Å². The number of carboxylic acid groups (broad SMARTS) is 1. The minimum atomic E-state index is -6.10. The van der Waals surface area contributed by atoms with Gasteiger partial charge in [0.1, 0.15) is 5.82 Å². The van der Waals surface area contributed by atoms with Crippen LogP contribution in [-0.4, -0.2) is 52.3 Å². The molecule has 1 amide bonds. The number of halogens is 7. The van der Waals surface area contributed by atoms with Crippen LogP contribution in [0.5, 0.6) is 0 Å². The van der Waals surface area contributed by atoms with Crippen molar-refractivity contribution < 1.29 is 49.8 Å². The molecule has 4 aromatic rings. The van der Waals surface area contributed by atoms with E-state index >= 15 is 0 Å². The van der Waals surface area contributed by atoms with Crippen LogP contribution < -0.4 is 10.0 Å². The van der Waals surface area contributed by atoms with Crippen LogP contribution in [0.1, 0.15) is 35.0 Å². The van der Waals surface area contributed by atoms with Gasteiger partial charge in [-0.1, -0.05) is 29.8 Å². The van der Waals surface area contributed by atoms with Gasteiger partial charge in [0.2, 0.25) is 10.0 Å². The molecule has 1 saturated carbocycles. The van der Waals surface area contributed by atoms with Crippen LogP contribution in [0.2, 0.25) is 5.02 Å². The largest absolute Gasteiger partial charge is 0.465 e. The standard InChI is InChI=1S/C26H19ClF6N4O5S2/c27-16-6-7-19(36-23(38)39)35-20(16)21(37-44(41,42)14-4-5-14)18-10-12-2-1-3-15(22(12)43-18)17-11-13(8-9-34-17)24(40,25(28,29)30)26(31,32)33/h1-3,6-11,14,21,37,40H,4-5H2,(H,35,36)(H,38,39). The van der Waals surface area contributed by atoms with Crippen LogP contribution >= 0.6 is 22.9 Å². The van der Waals surface area contributed by atoms with Crippen LogP contribution in [0.4, 0.5) is 37.0 Å². The summed E-state index contributed by atoms with van der Waals surface area (Å²) in [4.78, 5) is 19.6. The van der Waals surface area contributed by atoms with E-state index in [1.54, 1.807) is 6.07 Å². The van der Waals surface area contributed by atoms with E-state index < -0.39 is 50.9 Å². The third-order valence-electron chi connectivity index (χ3n) is 6.75. The Hall–Kier alpha value is -3.51. The fourth-order valence-electron chi connectivity index (χ4n) is 4.44. The third-order valence-corrected chi connectivity index (χ3v) is 10.2. The van der Waals surface area contributed by atoms with Crippen molar-refractivity contribution in [3.8, 4) is 11.3 Å². The van der Waals surface area contributed by atoms with Gasteiger partial charge in [-0.25, -0.2) is 22.9 Å². The Labute approximate surface area is 253 Å². The summed E-state index contributed by atoms with van der Waals surface area (Å²) in [6.07, 6.45) is -12.1. The minimum Gasteiger partial charge on any atom is -0.465 e. The van der Waals surface area contributed by atoms with Crippen LogP contribution in [0.25, 0.3) is 21.3 Å². The van der Waals surface area contributed by atoms with E-state index in [1.165, 1.54) is 30.3 Å². The van der Waals surface area contributed by atoms with Crippen molar-refractivity contribution in [3.63, 3.8) is 0 Å². The lowest BCUT2D eigenvalue weighted by molar-refractivity contribution is -0.376. The summed E-state index contributed by atoms with van der Waals surface area (Å²) in [7, 11) is -3.92. The Morgan fingerprint density at radius 1 is 1.05 bits per heavy atom. The van der Waals surface area contributed by atoms with E-state index in [1.807, 2.05) is 0 Å². The normalized spacial score (nSPS) is 15.4. The van der Waals surface area contributed by atoms with Gasteiger partial charge in [0, 0.05) is 26.9 Å². The molecule has 5 rings (SSSR count). The number of hydrogen-bond donors (Lipinski definition) is 4. The Balaban J connectivity index is 1.65. The Morgan fingerprint density at radius 3 is 2.34 bits per heavy atom. The number of anilines is 1. The van der Waals surface area contributed by atoms with Crippen LogP contribution in [-0.2, 0) is 15.6 Å². The second-order valence-electron chi connectivity index (χ2n) is 9.80.